The van der Waals surface area contributed by atoms with Gasteiger partial charge < -0.3 is 9.72 Å². The van der Waals surface area contributed by atoms with Crippen molar-refractivity contribution in [2.24, 2.45) is 0 Å². The number of hydrogen-bond acceptors (Lipinski definition) is 3. The van der Waals surface area contributed by atoms with Gasteiger partial charge in [0.15, 0.2) is 5.82 Å². The molecule has 0 amide bonds. The summed E-state index contributed by atoms with van der Waals surface area (Å²) in [5.41, 5.74) is 2.15. The molecule has 102 valence electrons. The van der Waals surface area contributed by atoms with Crippen molar-refractivity contribution in [3.05, 3.63) is 36.3 Å². The van der Waals surface area contributed by atoms with Crippen LogP contribution in [0.2, 0.25) is 0 Å². The molecule has 5 heteroatoms. The summed E-state index contributed by atoms with van der Waals surface area (Å²) in [6.45, 7) is 1.63. The topological polar surface area (TPSA) is 66.6 Å². The summed E-state index contributed by atoms with van der Waals surface area (Å²) in [7, 11) is 0. The fraction of sp³-hybridized carbons (Fsp3) is 0.333. The number of fused-ring (bicyclic) bond motifs is 1. The van der Waals surface area contributed by atoms with Gasteiger partial charge in [0.05, 0.1) is 0 Å². The highest BCUT2D eigenvalue weighted by Gasteiger charge is 2.19. The monoisotopic (exact) mass is 268 g/mol. The molecule has 4 rings (SSSR count). The highest BCUT2D eigenvalue weighted by Crippen LogP contribution is 2.26. The summed E-state index contributed by atoms with van der Waals surface area (Å²) >= 11 is 0. The maximum Gasteiger partial charge on any atom is 0.181 e. The molecule has 1 aliphatic rings. The number of aromatic amines is 2. The molecule has 5 nitrogen and oxygen atoms in total. The highest BCUT2D eigenvalue weighted by atomic mass is 16.5. The van der Waals surface area contributed by atoms with Crippen molar-refractivity contribution < 1.29 is 4.74 Å². The number of nitrogens with one attached hydrogen (secondary N) is 2. The fourth-order valence-electron chi connectivity index (χ4n) is 2.74. The van der Waals surface area contributed by atoms with Gasteiger partial charge in [0.1, 0.15) is 5.82 Å². The zero-order valence-electron chi connectivity index (χ0n) is 11.1. The highest BCUT2D eigenvalue weighted by molar-refractivity contribution is 5.83. The zero-order valence-corrected chi connectivity index (χ0v) is 11.1. The lowest BCUT2D eigenvalue weighted by Gasteiger charge is -2.19. The molecule has 0 bridgehead atoms. The smallest absolute Gasteiger partial charge is 0.181 e. The molecule has 0 radical (unpaired) electrons. The first-order valence-corrected chi connectivity index (χ1v) is 6.98. The summed E-state index contributed by atoms with van der Waals surface area (Å²) in [5, 5.41) is 8.65. The molecule has 1 fully saturated rings. The zero-order chi connectivity index (χ0) is 13.4. The van der Waals surface area contributed by atoms with Gasteiger partial charge >= 0.3 is 0 Å². The molecular formula is C15H16N4O. The van der Waals surface area contributed by atoms with Gasteiger partial charge in [-0.1, -0.05) is 12.1 Å². The lowest BCUT2D eigenvalue weighted by Crippen LogP contribution is -2.15. The standard InChI is InChI=1S/C15H16N4O/c1-2-12(9-13-10(1)3-6-16-13)15-17-14(18-19-15)11-4-7-20-8-5-11/h1-3,6,9,11,16H,4-5,7-8H2,(H,17,18,19). The molecule has 0 spiro atoms. The van der Waals surface area contributed by atoms with Crippen LogP contribution in [0.3, 0.4) is 0 Å². The molecule has 2 N–H and O–H groups in total. The van der Waals surface area contributed by atoms with E-state index in [-0.39, 0.29) is 0 Å². The van der Waals surface area contributed by atoms with Crippen LogP contribution in [-0.2, 0) is 4.74 Å². The minimum absolute atomic E-state index is 0.444. The Kier molecular flexibility index (Phi) is 2.77. The van der Waals surface area contributed by atoms with Crippen molar-refractivity contribution in [3.8, 4) is 11.4 Å². The summed E-state index contributed by atoms with van der Waals surface area (Å²) in [6.07, 6.45) is 3.98. The minimum Gasteiger partial charge on any atom is -0.381 e. The van der Waals surface area contributed by atoms with Crippen molar-refractivity contribution >= 4 is 10.9 Å². The molecule has 1 aliphatic heterocycles. The molecule has 20 heavy (non-hydrogen) atoms. The van der Waals surface area contributed by atoms with Crippen molar-refractivity contribution in [1.29, 1.82) is 0 Å². The second kappa shape index (κ2) is 4.76. The van der Waals surface area contributed by atoms with E-state index >= 15 is 0 Å². The SMILES string of the molecule is c1cc2ccc(-c3n[nH]c(C4CCOCC4)n3)cc2[nH]1. The molecule has 0 unspecified atom stereocenters. The molecule has 0 aliphatic carbocycles. The summed E-state index contributed by atoms with van der Waals surface area (Å²) in [5.74, 6) is 2.19. The summed E-state index contributed by atoms with van der Waals surface area (Å²) < 4.78 is 5.39. The van der Waals surface area contributed by atoms with E-state index in [0.29, 0.717) is 5.92 Å². The third-order valence-electron chi connectivity index (χ3n) is 3.92. The van der Waals surface area contributed by atoms with Gasteiger partial charge in [0.25, 0.3) is 0 Å². The van der Waals surface area contributed by atoms with Crippen molar-refractivity contribution in [2.45, 2.75) is 18.8 Å². The molecule has 3 heterocycles. The van der Waals surface area contributed by atoms with Gasteiger partial charge in [-0.15, -0.1) is 0 Å². The van der Waals surface area contributed by atoms with Crippen molar-refractivity contribution in [3.63, 3.8) is 0 Å². The van der Waals surface area contributed by atoms with Gasteiger partial charge in [-0.2, -0.15) is 5.10 Å². The first-order valence-electron chi connectivity index (χ1n) is 6.98. The molecule has 1 aromatic carbocycles. The Morgan fingerprint density at radius 1 is 1.15 bits per heavy atom. The Hall–Kier alpha value is -2.14. The van der Waals surface area contributed by atoms with Gasteiger partial charge in [-0.3, -0.25) is 5.10 Å². The van der Waals surface area contributed by atoms with Crippen LogP contribution in [0.25, 0.3) is 22.3 Å². The van der Waals surface area contributed by atoms with E-state index in [9.17, 15) is 0 Å². The number of ether oxygens (including phenoxy) is 1. The van der Waals surface area contributed by atoms with Crippen LogP contribution in [0, 0.1) is 0 Å². The van der Waals surface area contributed by atoms with Crippen LogP contribution < -0.4 is 0 Å². The number of hydrogen-bond donors (Lipinski definition) is 2. The van der Waals surface area contributed by atoms with E-state index in [4.69, 9.17) is 4.74 Å². The average molecular weight is 268 g/mol. The molecule has 2 aromatic heterocycles. The van der Waals surface area contributed by atoms with Gasteiger partial charge in [-0.05, 0) is 30.4 Å². The lowest BCUT2D eigenvalue weighted by molar-refractivity contribution is 0.0836. The Morgan fingerprint density at radius 2 is 2.05 bits per heavy atom. The average Bonchev–Trinajstić information content (AvgIpc) is 3.16. The molecule has 0 saturated carbocycles. The molecule has 0 atom stereocenters. The van der Waals surface area contributed by atoms with Gasteiger partial charge in [0.2, 0.25) is 0 Å². The Bertz CT molecular complexity index is 724. The predicted molar refractivity (Wildman–Crippen MR) is 76.5 cm³/mol. The second-order valence-corrected chi connectivity index (χ2v) is 5.21. The summed E-state index contributed by atoms with van der Waals surface area (Å²) in [4.78, 5) is 7.88. The molecule has 3 aromatic rings. The van der Waals surface area contributed by atoms with Crippen LogP contribution in [0.5, 0.6) is 0 Å². The number of nitrogens with zero attached hydrogens (tertiary/aromatic N) is 2. The molecule has 1 saturated heterocycles. The van der Waals surface area contributed by atoms with E-state index in [0.717, 1.165) is 48.8 Å². The minimum atomic E-state index is 0.444. The van der Waals surface area contributed by atoms with Gasteiger partial charge in [-0.25, -0.2) is 4.98 Å². The van der Waals surface area contributed by atoms with E-state index in [2.05, 4.69) is 44.4 Å². The first-order chi connectivity index (χ1) is 9.90. The van der Waals surface area contributed by atoms with Crippen LogP contribution in [0.4, 0.5) is 0 Å². The number of rotatable bonds is 2. The molecular weight excluding hydrogens is 252 g/mol. The predicted octanol–water partition coefficient (Wildman–Crippen LogP) is 2.85. The van der Waals surface area contributed by atoms with E-state index in [1.54, 1.807) is 0 Å². The normalized spacial score (nSPS) is 16.8. The lowest BCUT2D eigenvalue weighted by atomic mass is 10.00. The van der Waals surface area contributed by atoms with Gasteiger partial charge in [0, 0.05) is 36.4 Å². The van der Waals surface area contributed by atoms with Crippen molar-refractivity contribution in [1.82, 2.24) is 20.2 Å². The number of H-pyrrole nitrogens is 2. The number of benzene rings is 1. The number of aromatic nitrogens is 4. The summed E-state index contributed by atoms with van der Waals surface area (Å²) in [6, 6.07) is 8.30. The van der Waals surface area contributed by atoms with E-state index in [1.807, 2.05) is 6.20 Å². The van der Waals surface area contributed by atoms with Crippen LogP contribution >= 0.6 is 0 Å². The van der Waals surface area contributed by atoms with E-state index < -0.39 is 0 Å². The Morgan fingerprint density at radius 3 is 2.95 bits per heavy atom. The third-order valence-corrected chi connectivity index (χ3v) is 3.92. The third kappa shape index (κ3) is 2.00. The maximum absolute atomic E-state index is 5.39. The van der Waals surface area contributed by atoms with Crippen LogP contribution in [0.1, 0.15) is 24.6 Å². The van der Waals surface area contributed by atoms with E-state index in [1.165, 1.54) is 5.39 Å². The maximum atomic E-state index is 5.39. The van der Waals surface area contributed by atoms with Crippen LogP contribution in [0.15, 0.2) is 30.5 Å². The van der Waals surface area contributed by atoms with Crippen LogP contribution in [-0.4, -0.2) is 33.4 Å². The van der Waals surface area contributed by atoms with Crippen molar-refractivity contribution in [2.75, 3.05) is 13.2 Å². The quantitative estimate of drug-likeness (QED) is 0.751. The second-order valence-electron chi connectivity index (χ2n) is 5.21. The first kappa shape index (κ1) is 11.7. The Labute approximate surface area is 116 Å². The fourth-order valence-corrected chi connectivity index (χ4v) is 2.74. The largest absolute Gasteiger partial charge is 0.381 e. The Balaban J connectivity index is 1.66.